The lowest BCUT2D eigenvalue weighted by molar-refractivity contribution is 0.281. The number of benzene rings is 2. The van der Waals surface area contributed by atoms with Gasteiger partial charge in [0.1, 0.15) is 4.90 Å². The third-order valence-corrected chi connectivity index (χ3v) is 5.06. The molecular weight excluding hydrogens is 333 g/mol. The fourth-order valence-electron chi connectivity index (χ4n) is 1.73. The molecule has 0 aromatic heterocycles. The number of rotatable bonds is 4. The Morgan fingerprint density at radius 2 is 1.71 bits per heavy atom. The standard InChI is InChI=1S/C14H13Cl2NO3S/c1-9-2-4-11(5-3-9)17-21(19,20)14-6-10(8-18)12(15)7-13(14)16/h2-7,17-18H,8H2,1H3. The number of nitrogens with one attached hydrogen (secondary N) is 1. The minimum atomic E-state index is -3.86. The van der Waals surface area contributed by atoms with Crippen LogP contribution in [0.1, 0.15) is 11.1 Å². The summed E-state index contributed by atoms with van der Waals surface area (Å²) in [7, 11) is -3.86. The highest BCUT2D eigenvalue weighted by molar-refractivity contribution is 7.92. The van der Waals surface area contributed by atoms with E-state index in [1.54, 1.807) is 24.3 Å². The molecule has 0 saturated heterocycles. The van der Waals surface area contributed by atoms with Gasteiger partial charge < -0.3 is 5.11 Å². The molecule has 0 bridgehead atoms. The highest BCUT2D eigenvalue weighted by atomic mass is 35.5. The van der Waals surface area contributed by atoms with Crippen LogP contribution < -0.4 is 4.72 Å². The molecule has 0 aliphatic heterocycles. The summed E-state index contributed by atoms with van der Waals surface area (Å²) in [6.07, 6.45) is 0. The van der Waals surface area contributed by atoms with Crippen molar-refractivity contribution < 1.29 is 13.5 Å². The van der Waals surface area contributed by atoms with E-state index in [1.165, 1.54) is 12.1 Å². The smallest absolute Gasteiger partial charge is 0.263 e. The van der Waals surface area contributed by atoms with Crippen molar-refractivity contribution in [3.8, 4) is 0 Å². The highest BCUT2D eigenvalue weighted by Gasteiger charge is 2.20. The van der Waals surface area contributed by atoms with Gasteiger partial charge in [0, 0.05) is 10.7 Å². The fourth-order valence-corrected chi connectivity index (χ4v) is 3.65. The molecule has 0 radical (unpaired) electrons. The van der Waals surface area contributed by atoms with Gasteiger partial charge in [0.15, 0.2) is 0 Å². The second kappa shape index (κ2) is 6.23. The molecule has 4 nitrogen and oxygen atoms in total. The number of aliphatic hydroxyl groups excluding tert-OH is 1. The van der Waals surface area contributed by atoms with Gasteiger partial charge in [0.2, 0.25) is 0 Å². The van der Waals surface area contributed by atoms with Crippen LogP contribution in [0.2, 0.25) is 10.0 Å². The molecule has 2 rings (SSSR count). The van der Waals surface area contributed by atoms with Crippen LogP contribution in [0.4, 0.5) is 5.69 Å². The van der Waals surface area contributed by atoms with Crippen molar-refractivity contribution in [2.75, 3.05) is 4.72 Å². The summed E-state index contributed by atoms with van der Waals surface area (Å²) in [5, 5.41) is 9.39. The first-order valence-corrected chi connectivity index (χ1v) is 8.25. The van der Waals surface area contributed by atoms with Gasteiger partial charge in [-0.05, 0) is 36.8 Å². The van der Waals surface area contributed by atoms with Gasteiger partial charge in [-0.25, -0.2) is 8.42 Å². The van der Waals surface area contributed by atoms with E-state index in [9.17, 15) is 13.5 Å². The number of anilines is 1. The molecule has 7 heteroatoms. The van der Waals surface area contributed by atoms with E-state index in [2.05, 4.69) is 4.72 Å². The minimum absolute atomic E-state index is 0.00295. The topological polar surface area (TPSA) is 66.4 Å². The molecule has 0 aliphatic rings. The second-order valence-electron chi connectivity index (χ2n) is 4.50. The summed E-state index contributed by atoms with van der Waals surface area (Å²) in [4.78, 5) is -0.127. The summed E-state index contributed by atoms with van der Waals surface area (Å²) >= 11 is 11.8. The van der Waals surface area contributed by atoms with Crippen LogP contribution >= 0.6 is 23.2 Å². The summed E-state index contributed by atoms with van der Waals surface area (Å²) < 4.78 is 27.2. The Labute approximate surface area is 133 Å². The monoisotopic (exact) mass is 345 g/mol. The van der Waals surface area contributed by atoms with E-state index in [-0.39, 0.29) is 21.5 Å². The van der Waals surface area contributed by atoms with E-state index in [0.717, 1.165) is 5.56 Å². The van der Waals surface area contributed by atoms with Crippen molar-refractivity contribution >= 4 is 38.9 Å². The van der Waals surface area contributed by atoms with Crippen LogP contribution in [-0.4, -0.2) is 13.5 Å². The van der Waals surface area contributed by atoms with Gasteiger partial charge in [-0.2, -0.15) is 0 Å². The Bertz CT molecular complexity index is 759. The molecule has 0 amide bonds. The van der Waals surface area contributed by atoms with Gasteiger partial charge in [-0.1, -0.05) is 40.9 Å². The molecular formula is C14H13Cl2NO3S. The zero-order valence-corrected chi connectivity index (χ0v) is 13.4. The first-order valence-electron chi connectivity index (χ1n) is 6.02. The van der Waals surface area contributed by atoms with Crippen molar-refractivity contribution in [1.29, 1.82) is 0 Å². The van der Waals surface area contributed by atoms with Gasteiger partial charge >= 0.3 is 0 Å². The largest absolute Gasteiger partial charge is 0.392 e. The quantitative estimate of drug-likeness (QED) is 0.889. The second-order valence-corrected chi connectivity index (χ2v) is 6.97. The van der Waals surface area contributed by atoms with Gasteiger partial charge in [0.25, 0.3) is 10.0 Å². The number of halogens is 2. The molecule has 2 aromatic rings. The normalized spacial score (nSPS) is 11.4. The number of hydrogen-bond donors (Lipinski definition) is 2. The molecule has 0 unspecified atom stereocenters. The zero-order valence-electron chi connectivity index (χ0n) is 11.1. The van der Waals surface area contributed by atoms with Crippen molar-refractivity contribution in [2.45, 2.75) is 18.4 Å². The maximum atomic E-state index is 12.4. The minimum Gasteiger partial charge on any atom is -0.392 e. The van der Waals surface area contributed by atoms with E-state index < -0.39 is 10.0 Å². The lowest BCUT2D eigenvalue weighted by Crippen LogP contribution is -2.14. The van der Waals surface area contributed by atoms with Crippen molar-refractivity contribution in [3.63, 3.8) is 0 Å². The van der Waals surface area contributed by atoms with Crippen molar-refractivity contribution in [2.24, 2.45) is 0 Å². The molecule has 2 N–H and O–H groups in total. The van der Waals surface area contributed by atoms with Gasteiger partial charge in [-0.15, -0.1) is 0 Å². The summed E-state index contributed by atoms with van der Waals surface area (Å²) in [5.41, 5.74) is 1.74. The molecule has 21 heavy (non-hydrogen) atoms. The maximum Gasteiger partial charge on any atom is 0.263 e. The molecule has 0 saturated carbocycles. The SMILES string of the molecule is Cc1ccc(NS(=O)(=O)c2cc(CO)c(Cl)cc2Cl)cc1. The molecule has 0 aliphatic carbocycles. The summed E-state index contributed by atoms with van der Waals surface area (Å²) in [5.74, 6) is 0. The predicted octanol–water partition coefficient (Wildman–Crippen LogP) is 3.59. The maximum absolute atomic E-state index is 12.4. The number of aliphatic hydroxyl groups is 1. The third-order valence-electron chi connectivity index (χ3n) is 2.86. The summed E-state index contributed by atoms with van der Waals surface area (Å²) in [6, 6.07) is 9.47. The molecule has 0 heterocycles. The van der Waals surface area contributed by atoms with Crippen LogP contribution in [0.3, 0.4) is 0 Å². The van der Waals surface area contributed by atoms with Crippen molar-refractivity contribution in [1.82, 2.24) is 0 Å². The van der Waals surface area contributed by atoms with E-state index >= 15 is 0 Å². The summed E-state index contributed by atoms with van der Waals surface area (Å²) in [6.45, 7) is 1.53. The Morgan fingerprint density at radius 3 is 2.29 bits per heavy atom. The predicted molar refractivity (Wildman–Crippen MR) is 84.4 cm³/mol. The van der Waals surface area contributed by atoms with E-state index in [1.807, 2.05) is 6.92 Å². The fraction of sp³-hybridized carbons (Fsp3) is 0.143. The molecule has 0 atom stereocenters. The number of hydrogen-bond acceptors (Lipinski definition) is 3. The Balaban J connectivity index is 2.42. The van der Waals surface area contributed by atoms with E-state index in [0.29, 0.717) is 11.3 Å². The number of sulfonamides is 1. The zero-order chi connectivity index (χ0) is 15.6. The van der Waals surface area contributed by atoms with Crippen LogP contribution in [-0.2, 0) is 16.6 Å². The Kier molecular flexibility index (Phi) is 4.78. The Hall–Kier alpha value is -1.27. The van der Waals surface area contributed by atoms with Crippen molar-refractivity contribution in [3.05, 3.63) is 57.6 Å². The number of aryl methyl sites for hydroxylation is 1. The Morgan fingerprint density at radius 1 is 1.10 bits per heavy atom. The molecule has 112 valence electrons. The average Bonchev–Trinajstić information content (AvgIpc) is 2.41. The molecule has 0 spiro atoms. The molecule has 2 aromatic carbocycles. The van der Waals surface area contributed by atoms with Crippen LogP contribution in [0.15, 0.2) is 41.3 Å². The lowest BCUT2D eigenvalue weighted by atomic mass is 10.2. The first kappa shape index (κ1) is 16.1. The first-order chi connectivity index (χ1) is 9.83. The van der Waals surface area contributed by atoms with Gasteiger partial charge in [-0.3, -0.25) is 4.72 Å². The van der Waals surface area contributed by atoms with Crippen LogP contribution in [0.25, 0.3) is 0 Å². The van der Waals surface area contributed by atoms with Crippen LogP contribution in [0.5, 0.6) is 0 Å². The lowest BCUT2D eigenvalue weighted by Gasteiger charge is -2.12. The van der Waals surface area contributed by atoms with E-state index in [4.69, 9.17) is 23.2 Å². The highest BCUT2D eigenvalue weighted by Crippen LogP contribution is 2.30. The molecule has 0 fully saturated rings. The average molecular weight is 346 g/mol. The van der Waals surface area contributed by atoms with Crippen LogP contribution in [0, 0.1) is 6.92 Å². The third kappa shape index (κ3) is 3.68. The van der Waals surface area contributed by atoms with Gasteiger partial charge in [0.05, 0.1) is 11.6 Å².